The SMILES string of the molecule is Cc1noc(CN2CCCC2c2noc(C3CC3)n2)n1. The summed E-state index contributed by atoms with van der Waals surface area (Å²) in [4.78, 5) is 11.1. The molecular formula is C13H17N5O2. The van der Waals surface area contributed by atoms with Crippen LogP contribution in [0.3, 0.4) is 0 Å². The zero-order valence-corrected chi connectivity index (χ0v) is 11.4. The third-order valence-corrected chi connectivity index (χ3v) is 3.95. The van der Waals surface area contributed by atoms with Gasteiger partial charge in [-0.15, -0.1) is 0 Å². The van der Waals surface area contributed by atoms with Crippen LogP contribution in [0.5, 0.6) is 0 Å². The van der Waals surface area contributed by atoms with Crippen LogP contribution < -0.4 is 0 Å². The minimum Gasteiger partial charge on any atom is -0.339 e. The number of aromatic nitrogens is 4. The second-order valence-electron chi connectivity index (χ2n) is 5.63. The van der Waals surface area contributed by atoms with E-state index in [0.717, 1.165) is 31.1 Å². The first kappa shape index (κ1) is 12.0. The van der Waals surface area contributed by atoms with E-state index in [1.54, 1.807) is 0 Å². The van der Waals surface area contributed by atoms with Crippen LogP contribution in [0.1, 0.15) is 61.1 Å². The van der Waals surface area contributed by atoms with E-state index in [1.807, 2.05) is 6.92 Å². The lowest BCUT2D eigenvalue weighted by atomic mass is 10.2. The van der Waals surface area contributed by atoms with E-state index in [4.69, 9.17) is 9.05 Å². The van der Waals surface area contributed by atoms with Gasteiger partial charge in [0.05, 0.1) is 12.6 Å². The predicted molar refractivity (Wildman–Crippen MR) is 67.7 cm³/mol. The number of hydrogen-bond acceptors (Lipinski definition) is 7. The lowest BCUT2D eigenvalue weighted by Gasteiger charge is -2.19. The molecule has 7 nitrogen and oxygen atoms in total. The van der Waals surface area contributed by atoms with Crippen molar-refractivity contribution >= 4 is 0 Å². The molecule has 20 heavy (non-hydrogen) atoms. The van der Waals surface area contributed by atoms with Crippen molar-refractivity contribution < 1.29 is 9.05 Å². The number of likely N-dealkylation sites (tertiary alicyclic amines) is 1. The molecule has 1 aliphatic carbocycles. The molecule has 0 spiro atoms. The Morgan fingerprint density at radius 1 is 1.15 bits per heavy atom. The molecule has 0 radical (unpaired) electrons. The molecule has 1 saturated heterocycles. The second kappa shape index (κ2) is 4.66. The van der Waals surface area contributed by atoms with Crippen molar-refractivity contribution in [3.05, 3.63) is 23.4 Å². The highest BCUT2D eigenvalue weighted by molar-refractivity contribution is 5.05. The maximum atomic E-state index is 5.36. The Kier molecular flexibility index (Phi) is 2.80. The highest BCUT2D eigenvalue weighted by Gasteiger charge is 2.34. The van der Waals surface area contributed by atoms with Crippen molar-refractivity contribution in [2.75, 3.05) is 6.54 Å². The van der Waals surface area contributed by atoms with E-state index in [-0.39, 0.29) is 6.04 Å². The first-order valence-electron chi connectivity index (χ1n) is 7.16. The highest BCUT2D eigenvalue weighted by atomic mass is 16.5. The lowest BCUT2D eigenvalue weighted by molar-refractivity contribution is 0.202. The van der Waals surface area contributed by atoms with E-state index in [9.17, 15) is 0 Å². The van der Waals surface area contributed by atoms with Crippen molar-refractivity contribution in [2.45, 2.75) is 51.1 Å². The summed E-state index contributed by atoms with van der Waals surface area (Å²) in [6.45, 7) is 3.48. The van der Waals surface area contributed by atoms with Crippen molar-refractivity contribution in [1.82, 2.24) is 25.2 Å². The van der Waals surface area contributed by atoms with Crippen LogP contribution in [-0.4, -0.2) is 31.7 Å². The molecule has 1 aliphatic heterocycles. The summed E-state index contributed by atoms with van der Waals surface area (Å²) in [7, 11) is 0. The molecule has 2 aromatic rings. The summed E-state index contributed by atoms with van der Waals surface area (Å²) in [5.74, 6) is 3.44. The molecule has 106 valence electrons. The molecule has 0 N–H and O–H groups in total. The van der Waals surface area contributed by atoms with Gasteiger partial charge in [0, 0.05) is 5.92 Å². The molecule has 0 amide bonds. The fraction of sp³-hybridized carbons (Fsp3) is 0.692. The van der Waals surface area contributed by atoms with Gasteiger partial charge in [-0.3, -0.25) is 4.90 Å². The van der Waals surface area contributed by atoms with Crippen LogP contribution in [0.15, 0.2) is 9.05 Å². The average molecular weight is 275 g/mol. The molecule has 1 unspecified atom stereocenters. The van der Waals surface area contributed by atoms with Crippen LogP contribution >= 0.6 is 0 Å². The third-order valence-electron chi connectivity index (χ3n) is 3.95. The summed E-state index contributed by atoms with van der Waals surface area (Å²) in [6.07, 6.45) is 4.54. The Morgan fingerprint density at radius 2 is 2.05 bits per heavy atom. The standard InChI is InChI=1S/C13H17N5O2/c1-8-14-11(19-16-8)7-18-6-2-3-10(18)12-15-13(20-17-12)9-4-5-9/h9-10H,2-7H2,1H3. The molecule has 2 fully saturated rings. The second-order valence-corrected chi connectivity index (χ2v) is 5.63. The Bertz CT molecular complexity index is 603. The monoisotopic (exact) mass is 275 g/mol. The number of hydrogen-bond donors (Lipinski definition) is 0. The molecule has 4 rings (SSSR count). The zero-order chi connectivity index (χ0) is 13.5. The first-order valence-corrected chi connectivity index (χ1v) is 7.16. The third kappa shape index (κ3) is 2.22. The maximum Gasteiger partial charge on any atom is 0.240 e. The lowest BCUT2D eigenvalue weighted by Crippen LogP contribution is -2.23. The molecule has 0 aromatic carbocycles. The summed E-state index contributed by atoms with van der Waals surface area (Å²) in [6, 6.07) is 0.207. The van der Waals surface area contributed by atoms with Gasteiger partial charge in [-0.25, -0.2) is 0 Å². The van der Waals surface area contributed by atoms with E-state index < -0.39 is 0 Å². The topological polar surface area (TPSA) is 81.1 Å². The molecule has 1 atom stereocenters. The Balaban J connectivity index is 1.50. The van der Waals surface area contributed by atoms with Gasteiger partial charge in [-0.2, -0.15) is 9.97 Å². The molecule has 0 bridgehead atoms. The van der Waals surface area contributed by atoms with Crippen molar-refractivity contribution in [3.63, 3.8) is 0 Å². The van der Waals surface area contributed by atoms with E-state index in [0.29, 0.717) is 24.2 Å². The molecule has 2 aliphatic rings. The zero-order valence-electron chi connectivity index (χ0n) is 11.4. The quantitative estimate of drug-likeness (QED) is 0.843. The van der Waals surface area contributed by atoms with Crippen molar-refractivity contribution in [2.24, 2.45) is 0 Å². The van der Waals surface area contributed by atoms with Crippen LogP contribution in [-0.2, 0) is 6.54 Å². The predicted octanol–water partition coefficient (Wildman–Crippen LogP) is 1.98. The minimum atomic E-state index is 0.207. The van der Waals surface area contributed by atoms with Gasteiger partial charge in [-0.1, -0.05) is 10.3 Å². The first-order chi connectivity index (χ1) is 9.79. The molecule has 2 aromatic heterocycles. The van der Waals surface area contributed by atoms with Crippen LogP contribution in [0.4, 0.5) is 0 Å². The molecule has 1 saturated carbocycles. The van der Waals surface area contributed by atoms with Crippen molar-refractivity contribution in [1.29, 1.82) is 0 Å². The van der Waals surface area contributed by atoms with Gasteiger partial charge < -0.3 is 9.05 Å². The van der Waals surface area contributed by atoms with Gasteiger partial charge in [0.1, 0.15) is 0 Å². The van der Waals surface area contributed by atoms with Gasteiger partial charge in [0.15, 0.2) is 11.6 Å². The Hall–Kier alpha value is -1.76. The Morgan fingerprint density at radius 3 is 2.80 bits per heavy atom. The largest absolute Gasteiger partial charge is 0.339 e. The average Bonchev–Trinajstić information content (AvgIpc) is 2.87. The van der Waals surface area contributed by atoms with Gasteiger partial charge in [-0.05, 0) is 39.2 Å². The summed E-state index contributed by atoms with van der Waals surface area (Å²) >= 11 is 0. The summed E-state index contributed by atoms with van der Waals surface area (Å²) in [5, 5.41) is 7.99. The van der Waals surface area contributed by atoms with Crippen LogP contribution in [0, 0.1) is 6.92 Å². The molecule has 3 heterocycles. The normalized spacial score (nSPS) is 23.6. The van der Waals surface area contributed by atoms with E-state index in [1.165, 1.54) is 12.8 Å². The van der Waals surface area contributed by atoms with Gasteiger partial charge >= 0.3 is 0 Å². The highest BCUT2D eigenvalue weighted by Crippen LogP contribution is 2.40. The van der Waals surface area contributed by atoms with Crippen molar-refractivity contribution in [3.8, 4) is 0 Å². The Labute approximate surface area is 116 Å². The van der Waals surface area contributed by atoms with E-state index >= 15 is 0 Å². The van der Waals surface area contributed by atoms with Crippen LogP contribution in [0.25, 0.3) is 0 Å². The fourth-order valence-electron chi connectivity index (χ4n) is 2.76. The van der Waals surface area contributed by atoms with E-state index in [2.05, 4.69) is 25.2 Å². The number of rotatable bonds is 4. The fourth-order valence-corrected chi connectivity index (χ4v) is 2.76. The summed E-state index contributed by atoms with van der Waals surface area (Å²) < 4.78 is 10.6. The molecule has 7 heteroatoms. The smallest absolute Gasteiger partial charge is 0.240 e. The molecular weight excluding hydrogens is 258 g/mol. The number of nitrogens with zero attached hydrogens (tertiary/aromatic N) is 5. The van der Waals surface area contributed by atoms with Gasteiger partial charge in [0.2, 0.25) is 11.8 Å². The summed E-state index contributed by atoms with van der Waals surface area (Å²) in [5.41, 5.74) is 0. The minimum absolute atomic E-state index is 0.207. The maximum absolute atomic E-state index is 5.36. The number of aryl methyl sites for hydroxylation is 1. The van der Waals surface area contributed by atoms with Crippen LogP contribution in [0.2, 0.25) is 0 Å². The van der Waals surface area contributed by atoms with Gasteiger partial charge in [0.25, 0.3) is 0 Å².